The van der Waals surface area contributed by atoms with Crippen LogP contribution in [0.5, 0.6) is 0 Å². The predicted octanol–water partition coefficient (Wildman–Crippen LogP) is 6.02. The zero-order valence-electron chi connectivity index (χ0n) is 13.2. The van der Waals surface area contributed by atoms with Crippen molar-refractivity contribution < 1.29 is 0 Å². The summed E-state index contributed by atoms with van der Waals surface area (Å²) in [7, 11) is 0. The maximum Gasteiger partial charge on any atom is 0.0714 e. The maximum absolute atomic E-state index is 4.49. The monoisotopic (exact) mass is 305 g/mol. The van der Waals surface area contributed by atoms with Gasteiger partial charge < -0.3 is 0 Å². The van der Waals surface area contributed by atoms with Gasteiger partial charge in [-0.1, -0.05) is 47.6 Å². The van der Waals surface area contributed by atoms with E-state index in [1.54, 1.807) is 0 Å². The summed E-state index contributed by atoms with van der Waals surface area (Å²) in [6.07, 6.45) is 1.87. The molecule has 0 radical (unpaired) electrons. The fraction of sp³-hybridized carbons (Fsp3) is 0.471. The van der Waals surface area contributed by atoms with Crippen molar-refractivity contribution in [3.8, 4) is 0 Å². The van der Waals surface area contributed by atoms with Gasteiger partial charge in [-0.2, -0.15) is 0 Å². The minimum absolute atomic E-state index is 0.192. The second-order valence-electron chi connectivity index (χ2n) is 6.89. The molecule has 2 aromatic rings. The molecular weight excluding hydrogens is 282 g/mol. The zero-order chi connectivity index (χ0) is 15.0. The highest BCUT2D eigenvalue weighted by atomic mass is 32.2. The molecule has 1 aromatic carbocycles. The van der Waals surface area contributed by atoms with E-state index >= 15 is 0 Å². The van der Waals surface area contributed by atoms with E-state index in [1.807, 2.05) is 35.8 Å². The molecule has 0 bridgehead atoms. The first kappa shape index (κ1) is 15.7. The van der Waals surface area contributed by atoms with Gasteiger partial charge in [0.1, 0.15) is 0 Å². The van der Waals surface area contributed by atoms with E-state index in [1.165, 1.54) is 15.2 Å². The molecule has 0 aliphatic carbocycles. The van der Waals surface area contributed by atoms with Crippen molar-refractivity contribution in [1.82, 2.24) is 4.98 Å². The molecule has 1 heterocycles. The quantitative estimate of drug-likeness (QED) is 0.630. The molecule has 1 nitrogen and oxygen atoms in total. The van der Waals surface area contributed by atoms with Crippen LogP contribution in [0.3, 0.4) is 0 Å². The first-order valence-corrected chi connectivity index (χ1v) is 8.55. The first-order valence-electron chi connectivity index (χ1n) is 6.91. The Morgan fingerprint density at radius 2 is 1.50 bits per heavy atom. The van der Waals surface area contributed by atoms with E-state index in [9.17, 15) is 0 Å². The summed E-state index contributed by atoms with van der Waals surface area (Å²) in [5.41, 5.74) is 1.08. The number of fused-ring (bicyclic) bond motifs is 1. The van der Waals surface area contributed by atoms with Gasteiger partial charge in [0.2, 0.25) is 0 Å². The standard InChI is InChI=1S/C17H23NS2/c1-16(2,3)19-14-10-9-13-12(8-7-11-18-13)15(14)20-17(4,5)6/h7-11H,1-6H3. The Labute approximate surface area is 130 Å². The summed E-state index contributed by atoms with van der Waals surface area (Å²) in [5, 5.41) is 1.27. The SMILES string of the molecule is CC(C)(C)Sc1ccc2ncccc2c1SC(C)(C)C. The van der Waals surface area contributed by atoms with Gasteiger partial charge in [-0.25, -0.2) is 0 Å². The second-order valence-corrected chi connectivity index (χ2v) is 10.6. The van der Waals surface area contributed by atoms with Crippen LogP contribution < -0.4 is 0 Å². The minimum atomic E-state index is 0.192. The average molecular weight is 306 g/mol. The van der Waals surface area contributed by atoms with Gasteiger partial charge in [-0.05, 0) is 18.2 Å². The molecule has 20 heavy (non-hydrogen) atoms. The van der Waals surface area contributed by atoms with Gasteiger partial charge in [-0.15, -0.1) is 23.5 Å². The number of thioether (sulfide) groups is 2. The highest BCUT2D eigenvalue weighted by Gasteiger charge is 2.21. The zero-order valence-corrected chi connectivity index (χ0v) is 14.8. The third-order valence-corrected chi connectivity index (χ3v) is 5.08. The number of hydrogen-bond donors (Lipinski definition) is 0. The van der Waals surface area contributed by atoms with Crippen LogP contribution in [0.2, 0.25) is 0 Å². The fourth-order valence-corrected chi connectivity index (χ4v) is 4.24. The number of pyridine rings is 1. The third kappa shape index (κ3) is 4.16. The lowest BCUT2D eigenvalue weighted by Crippen LogP contribution is -2.10. The van der Waals surface area contributed by atoms with Crippen molar-refractivity contribution in [1.29, 1.82) is 0 Å². The number of nitrogens with zero attached hydrogens (tertiary/aromatic N) is 1. The van der Waals surface area contributed by atoms with Crippen molar-refractivity contribution in [3.05, 3.63) is 30.5 Å². The van der Waals surface area contributed by atoms with Crippen LogP contribution in [-0.2, 0) is 0 Å². The van der Waals surface area contributed by atoms with E-state index in [4.69, 9.17) is 0 Å². The van der Waals surface area contributed by atoms with Crippen LogP contribution in [0.1, 0.15) is 41.5 Å². The maximum atomic E-state index is 4.49. The topological polar surface area (TPSA) is 12.9 Å². The molecule has 0 aliphatic heterocycles. The smallest absolute Gasteiger partial charge is 0.0714 e. The number of aromatic nitrogens is 1. The molecule has 0 amide bonds. The van der Waals surface area contributed by atoms with Crippen molar-refractivity contribution in [2.75, 3.05) is 0 Å². The van der Waals surface area contributed by atoms with Crippen LogP contribution in [0.25, 0.3) is 10.9 Å². The van der Waals surface area contributed by atoms with E-state index in [-0.39, 0.29) is 9.49 Å². The average Bonchev–Trinajstić information content (AvgIpc) is 2.29. The Balaban J connectivity index is 2.59. The number of hydrogen-bond acceptors (Lipinski definition) is 3. The Morgan fingerprint density at radius 3 is 2.10 bits per heavy atom. The van der Waals surface area contributed by atoms with Crippen LogP contribution in [0.15, 0.2) is 40.3 Å². The van der Waals surface area contributed by atoms with Crippen LogP contribution >= 0.6 is 23.5 Å². The summed E-state index contributed by atoms with van der Waals surface area (Å²) in [6.45, 7) is 13.6. The van der Waals surface area contributed by atoms with Gasteiger partial charge >= 0.3 is 0 Å². The van der Waals surface area contributed by atoms with Crippen LogP contribution in [0, 0.1) is 0 Å². The lowest BCUT2D eigenvalue weighted by atomic mass is 10.2. The summed E-state index contributed by atoms with van der Waals surface area (Å²) < 4.78 is 0.403. The molecule has 0 unspecified atom stereocenters. The molecule has 0 atom stereocenters. The molecule has 0 saturated carbocycles. The highest BCUT2D eigenvalue weighted by Crippen LogP contribution is 2.45. The van der Waals surface area contributed by atoms with Crippen molar-refractivity contribution in [3.63, 3.8) is 0 Å². The summed E-state index contributed by atoms with van der Waals surface area (Å²) in [5.74, 6) is 0. The predicted molar refractivity (Wildman–Crippen MR) is 93.0 cm³/mol. The molecule has 0 fully saturated rings. The Morgan fingerprint density at radius 1 is 0.850 bits per heavy atom. The first-order chi connectivity index (χ1) is 9.16. The Kier molecular flexibility index (Phi) is 4.41. The number of rotatable bonds is 2. The second kappa shape index (κ2) is 5.61. The molecule has 0 aliphatic rings. The fourth-order valence-electron chi connectivity index (χ4n) is 1.93. The van der Waals surface area contributed by atoms with Gasteiger partial charge in [0.05, 0.1) is 5.52 Å². The lowest BCUT2D eigenvalue weighted by Gasteiger charge is -2.24. The van der Waals surface area contributed by atoms with Crippen LogP contribution in [-0.4, -0.2) is 14.5 Å². The molecule has 2 rings (SSSR count). The van der Waals surface area contributed by atoms with E-state index in [0.717, 1.165) is 5.52 Å². The normalized spacial score (nSPS) is 12.9. The molecule has 0 spiro atoms. The van der Waals surface area contributed by atoms with E-state index in [0.29, 0.717) is 0 Å². The highest BCUT2D eigenvalue weighted by molar-refractivity contribution is 8.03. The van der Waals surface area contributed by atoms with E-state index < -0.39 is 0 Å². The van der Waals surface area contributed by atoms with E-state index in [2.05, 4.69) is 64.7 Å². The molecular formula is C17H23NS2. The van der Waals surface area contributed by atoms with Crippen molar-refractivity contribution in [2.45, 2.75) is 60.8 Å². The lowest BCUT2D eigenvalue weighted by molar-refractivity contribution is 0.795. The van der Waals surface area contributed by atoms with Crippen molar-refractivity contribution >= 4 is 34.4 Å². The summed E-state index contributed by atoms with van der Waals surface area (Å²) in [4.78, 5) is 7.21. The molecule has 0 N–H and O–H groups in total. The molecule has 3 heteroatoms. The van der Waals surface area contributed by atoms with Gasteiger partial charge in [0.25, 0.3) is 0 Å². The molecule has 1 aromatic heterocycles. The van der Waals surface area contributed by atoms with Crippen molar-refractivity contribution in [2.24, 2.45) is 0 Å². The number of benzene rings is 1. The minimum Gasteiger partial charge on any atom is -0.256 e. The largest absolute Gasteiger partial charge is 0.256 e. The molecule has 108 valence electrons. The van der Waals surface area contributed by atoms with Crippen LogP contribution in [0.4, 0.5) is 0 Å². The third-order valence-electron chi connectivity index (χ3n) is 2.52. The molecule has 0 saturated heterocycles. The summed E-state index contributed by atoms with van der Waals surface area (Å²) in [6, 6.07) is 8.57. The Hall–Kier alpha value is -0.670. The Bertz CT molecular complexity index is 606. The summed E-state index contributed by atoms with van der Waals surface area (Å²) >= 11 is 3.87. The van der Waals surface area contributed by atoms with Gasteiger partial charge in [0, 0.05) is 30.9 Å². The van der Waals surface area contributed by atoms with Gasteiger partial charge in [-0.3, -0.25) is 4.98 Å². The van der Waals surface area contributed by atoms with Gasteiger partial charge in [0.15, 0.2) is 0 Å².